The first-order chi connectivity index (χ1) is 22.0. The number of fused-ring (bicyclic) bond motifs is 2. The number of pyridine rings is 2. The lowest BCUT2D eigenvalue weighted by molar-refractivity contribution is -0.140. The number of piperidine rings is 1. The molecule has 46 heavy (non-hydrogen) atoms. The van der Waals surface area contributed by atoms with Crippen LogP contribution in [-0.4, -0.2) is 77.3 Å². The third kappa shape index (κ3) is 6.61. The highest BCUT2D eigenvalue weighted by Gasteiger charge is 2.38. The van der Waals surface area contributed by atoms with Crippen molar-refractivity contribution in [2.45, 2.75) is 45.0 Å². The number of H-pyrrole nitrogens is 1. The molecule has 1 fully saturated rings. The second-order valence-corrected chi connectivity index (χ2v) is 12.0. The second-order valence-electron chi connectivity index (χ2n) is 12.0. The lowest BCUT2D eigenvalue weighted by Gasteiger charge is -2.36. The number of urea groups is 1. The maximum Gasteiger partial charge on any atom is 0.421 e. The van der Waals surface area contributed by atoms with Gasteiger partial charge in [-0.2, -0.15) is 13.2 Å². The zero-order chi connectivity index (χ0) is 32.6. The van der Waals surface area contributed by atoms with E-state index in [0.717, 1.165) is 33.9 Å². The number of aromatic nitrogens is 3. The zero-order valence-corrected chi connectivity index (χ0v) is 26.1. The zero-order valence-electron chi connectivity index (χ0n) is 26.1. The van der Waals surface area contributed by atoms with Crippen LogP contribution in [0.5, 0.6) is 17.4 Å². The van der Waals surface area contributed by atoms with Crippen molar-refractivity contribution in [3.63, 3.8) is 0 Å². The smallest absolute Gasteiger partial charge is 0.421 e. The van der Waals surface area contributed by atoms with Gasteiger partial charge in [0.05, 0.1) is 29.9 Å². The number of rotatable bonds is 7. The number of benzene rings is 1. The Morgan fingerprint density at radius 1 is 1.15 bits per heavy atom. The number of amides is 2. The molecule has 3 atom stereocenters. The van der Waals surface area contributed by atoms with Crippen LogP contribution in [-0.2, 0) is 17.3 Å². The topological polar surface area (TPSA) is 105 Å². The summed E-state index contributed by atoms with van der Waals surface area (Å²) in [5, 5.41) is 3.49. The number of hydrogen-bond donors (Lipinski definition) is 2. The molecule has 2 aliphatic heterocycles. The van der Waals surface area contributed by atoms with E-state index in [0.29, 0.717) is 50.6 Å². The normalized spacial score (nSPS) is 20.4. The molecule has 0 bridgehead atoms. The van der Waals surface area contributed by atoms with Gasteiger partial charge in [-0.3, -0.25) is 0 Å². The molecule has 10 nitrogen and oxygen atoms in total. The number of halogens is 3. The van der Waals surface area contributed by atoms with E-state index in [4.69, 9.17) is 14.2 Å². The first kappa shape index (κ1) is 31.6. The first-order valence-corrected chi connectivity index (χ1v) is 15.2. The highest BCUT2D eigenvalue weighted by atomic mass is 19.4. The Hall–Kier alpha value is -4.36. The minimum absolute atomic E-state index is 0.0694. The van der Waals surface area contributed by atoms with Gasteiger partial charge in [-0.1, -0.05) is 6.07 Å². The van der Waals surface area contributed by atoms with E-state index in [-0.39, 0.29) is 17.6 Å². The van der Waals surface area contributed by atoms with Crippen LogP contribution in [0.4, 0.5) is 23.7 Å². The number of alkyl halides is 3. The lowest BCUT2D eigenvalue weighted by atomic mass is 9.93. The number of ether oxygens (including phenoxy) is 3. The van der Waals surface area contributed by atoms with Crippen LogP contribution < -0.4 is 14.8 Å². The number of hydrogen-bond acceptors (Lipinski definition) is 7. The summed E-state index contributed by atoms with van der Waals surface area (Å²) in [6, 6.07) is 9.54. The number of nitrogens with one attached hydrogen (secondary N) is 2. The molecule has 0 saturated carbocycles. The van der Waals surface area contributed by atoms with Gasteiger partial charge in [-0.25, -0.2) is 14.8 Å². The van der Waals surface area contributed by atoms with Crippen LogP contribution in [0.15, 0.2) is 48.8 Å². The van der Waals surface area contributed by atoms with Gasteiger partial charge in [-0.05, 0) is 75.2 Å². The molecule has 244 valence electrons. The Morgan fingerprint density at radius 3 is 2.76 bits per heavy atom. The number of nitrogens with zero attached hydrogens (tertiary/aromatic N) is 4. The Labute approximate surface area is 264 Å². The maximum absolute atomic E-state index is 14.2. The number of carbonyl (C=O) groups excluding carboxylic acids is 1. The third-order valence-corrected chi connectivity index (χ3v) is 8.69. The van der Waals surface area contributed by atoms with Gasteiger partial charge in [0.15, 0.2) is 0 Å². The molecule has 2 aliphatic rings. The largest absolute Gasteiger partial charge is 0.473 e. The molecular formula is C33H37F3N6O4. The number of likely N-dealkylation sites (tertiary alicyclic amines) is 1. The van der Waals surface area contributed by atoms with Crippen molar-refractivity contribution in [1.82, 2.24) is 24.8 Å². The second kappa shape index (κ2) is 12.8. The summed E-state index contributed by atoms with van der Waals surface area (Å²) in [5.41, 5.74) is 2.55. The molecule has 0 aliphatic carbocycles. The van der Waals surface area contributed by atoms with Gasteiger partial charge in [0, 0.05) is 44.6 Å². The molecule has 1 saturated heterocycles. The molecule has 5 heterocycles. The fraction of sp³-hybridized carbons (Fsp3) is 0.424. The standard InChI is InChI=1S/C33H37F3N6O4/c1-19-13-26-29(7-10-37-30(26)39-19)45-24-6-5-21-8-12-42(20(2)25(21)15-24)32(43)40-23-14-27(33(34,35)36)31(38-16-23)46-28-9-11-41(3)17-22(28)18-44-4/h5-7,10,13-16,20,22,28H,8-9,11-12,17-18H2,1-4H3,(H,37,39)(H,40,43)/t20-,22-,28+/m0/s1. The van der Waals surface area contributed by atoms with Crippen molar-refractivity contribution in [2.24, 2.45) is 5.92 Å². The molecule has 2 amide bonds. The Morgan fingerprint density at radius 2 is 1.98 bits per heavy atom. The van der Waals surface area contributed by atoms with Crippen LogP contribution in [0.25, 0.3) is 11.0 Å². The van der Waals surface area contributed by atoms with Gasteiger partial charge >= 0.3 is 12.2 Å². The number of methoxy groups -OCH3 is 1. The van der Waals surface area contributed by atoms with Gasteiger partial charge in [0.2, 0.25) is 5.88 Å². The highest BCUT2D eigenvalue weighted by molar-refractivity contribution is 5.90. The minimum atomic E-state index is -4.74. The molecule has 4 aromatic rings. The van der Waals surface area contributed by atoms with Crippen LogP contribution in [0.1, 0.15) is 41.8 Å². The van der Waals surface area contributed by atoms with E-state index in [1.54, 1.807) is 24.3 Å². The highest BCUT2D eigenvalue weighted by Crippen LogP contribution is 2.39. The minimum Gasteiger partial charge on any atom is -0.473 e. The Balaban J connectivity index is 1.18. The van der Waals surface area contributed by atoms with E-state index in [1.807, 2.05) is 45.2 Å². The van der Waals surface area contributed by atoms with E-state index in [1.165, 1.54) is 6.20 Å². The van der Waals surface area contributed by atoms with E-state index >= 15 is 0 Å². The van der Waals surface area contributed by atoms with Crippen LogP contribution in [0, 0.1) is 12.8 Å². The van der Waals surface area contributed by atoms with Crippen LogP contribution in [0.2, 0.25) is 0 Å². The SMILES string of the molecule is COC[C@@H]1CN(C)CC[C@H]1Oc1ncc(NC(=O)N2CCc3ccc(Oc4ccnc5[nH]c(C)cc45)cc3[C@@H]2C)cc1C(F)(F)F. The fourth-order valence-corrected chi connectivity index (χ4v) is 6.36. The average molecular weight is 639 g/mol. The Kier molecular flexibility index (Phi) is 8.80. The van der Waals surface area contributed by atoms with E-state index in [2.05, 4.69) is 25.2 Å². The number of aryl methyl sites for hydroxylation is 1. The van der Waals surface area contributed by atoms with Gasteiger partial charge in [0.25, 0.3) is 0 Å². The molecule has 0 unspecified atom stereocenters. The van der Waals surface area contributed by atoms with Gasteiger partial charge < -0.3 is 34.3 Å². The molecular weight excluding hydrogens is 601 g/mol. The van der Waals surface area contributed by atoms with Gasteiger partial charge in [-0.15, -0.1) is 0 Å². The first-order valence-electron chi connectivity index (χ1n) is 15.2. The summed E-state index contributed by atoms with van der Waals surface area (Å²) in [6.07, 6.45) is -1.21. The lowest BCUT2D eigenvalue weighted by Crippen LogP contribution is -2.46. The monoisotopic (exact) mass is 638 g/mol. The maximum atomic E-state index is 14.2. The number of carbonyl (C=O) groups is 1. The predicted octanol–water partition coefficient (Wildman–Crippen LogP) is 6.57. The fourth-order valence-electron chi connectivity index (χ4n) is 6.36. The molecule has 0 radical (unpaired) electrons. The molecule has 2 N–H and O–H groups in total. The molecule has 0 spiro atoms. The molecule has 13 heteroatoms. The van der Waals surface area contributed by atoms with Crippen molar-refractivity contribution in [3.8, 4) is 17.4 Å². The quantitative estimate of drug-likeness (QED) is 0.236. The van der Waals surface area contributed by atoms with Crippen molar-refractivity contribution in [1.29, 1.82) is 0 Å². The number of aromatic amines is 1. The number of anilines is 1. The molecule has 1 aromatic carbocycles. The molecule has 3 aromatic heterocycles. The molecule has 6 rings (SSSR count). The Bertz CT molecular complexity index is 1730. The summed E-state index contributed by atoms with van der Waals surface area (Å²) in [5.74, 6) is 0.642. The van der Waals surface area contributed by atoms with Crippen molar-refractivity contribution in [3.05, 3.63) is 71.2 Å². The predicted molar refractivity (Wildman–Crippen MR) is 166 cm³/mol. The van der Waals surface area contributed by atoms with E-state index < -0.39 is 29.8 Å². The summed E-state index contributed by atoms with van der Waals surface area (Å²) < 4.78 is 60.0. The van der Waals surface area contributed by atoms with E-state index in [9.17, 15) is 18.0 Å². The summed E-state index contributed by atoms with van der Waals surface area (Å²) >= 11 is 0. The summed E-state index contributed by atoms with van der Waals surface area (Å²) in [6.45, 7) is 5.91. The van der Waals surface area contributed by atoms with Crippen molar-refractivity contribution < 1.29 is 32.2 Å². The third-order valence-electron chi connectivity index (χ3n) is 8.69. The van der Waals surface area contributed by atoms with Crippen molar-refractivity contribution >= 4 is 22.8 Å². The van der Waals surface area contributed by atoms with Crippen LogP contribution >= 0.6 is 0 Å². The van der Waals surface area contributed by atoms with Crippen LogP contribution in [0.3, 0.4) is 0 Å². The average Bonchev–Trinajstić information content (AvgIpc) is 3.40. The summed E-state index contributed by atoms with van der Waals surface area (Å²) in [7, 11) is 3.51. The van der Waals surface area contributed by atoms with Crippen molar-refractivity contribution in [2.75, 3.05) is 45.7 Å². The van der Waals surface area contributed by atoms with Gasteiger partial charge in [0.1, 0.15) is 28.8 Å². The summed E-state index contributed by atoms with van der Waals surface area (Å²) in [4.78, 5) is 28.7.